The van der Waals surface area contributed by atoms with Crippen LogP contribution in [0.25, 0.3) is 0 Å². The van der Waals surface area contributed by atoms with Gasteiger partial charge in [0, 0.05) is 43.2 Å². The Labute approximate surface area is 193 Å². The number of aromatic nitrogens is 2. The summed E-state index contributed by atoms with van der Waals surface area (Å²) in [4.78, 5) is 20.9. The first-order valence-corrected chi connectivity index (χ1v) is 11.1. The number of urea groups is 1. The first-order valence-electron chi connectivity index (χ1n) is 11.1. The lowest BCUT2D eigenvalue weighted by molar-refractivity contribution is 0.198. The Hall–Kier alpha value is -3.81. The van der Waals surface area contributed by atoms with Crippen LogP contribution >= 0.6 is 0 Å². The van der Waals surface area contributed by atoms with Crippen LogP contribution in [0, 0.1) is 0 Å². The Kier molecular flexibility index (Phi) is 7.58. The van der Waals surface area contributed by atoms with Crippen molar-refractivity contribution in [2.45, 2.75) is 44.9 Å². The zero-order valence-corrected chi connectivity index (χ0v) is 18.6. The molecule has 3 aromatic rings. The molecule has 1 saturated carbocycles. The van der Waals surface area contributed by atoms with Crippen molar-refractivity contribution in [1.29, 1.82) is 0 Å². The van der Waals surface area contributed by atoms with Crippen molar-refractivity contribution in [3.05, 3.63) is 72.1 Å². The summed E-state index contributed by atoms with van der Waals surface area (Å²) in [6, 6.07) is 14.4. The molecule has 33 heavy (non-hydrogen) atoms. The highest BCUT2D eigenvalue weighted by molar-refractivity contribution is 5.73. The van der Waals surface area contributed by atoms with Gasteiger partial charge in [-0.15, -0.1) is 0 Å². The molecular weight excluding hydrogens is 420 g/mol. The van der Waals surface area contributed by atoms with Crippen LogP contribution in [-0.2, 0) is 13.1 Å². The lowest BCUT2D eigenvalue weighted by atomic mass is 10.2. The SMILES string of the molecule is COc1cccc(Oc2ccc(CNC(=O)NCc3cccnc3OC3CCCC3)cn2)c1. The molecule has 0 saturated heterocycles. The quantitative estimate of drug-likeness (QED) is 0.497. The average molecular weight is 449 g/mol. The van der Waals surface area contributed by atoms with E-state index in [-0.39, 0.29) is 12.1 Å². The number of rotatable bonds is 9. The Morgan fingerprint density at radius 2 is 1.82 bits per heavy atom. The van der Waals surface area contributed by atoms with Gasteiger partial charge in [-0.1, -0.05) is 18.2 Å². The maximum absolute atomic E-state index is 12.3. The molecule has 8 heteroatoms. The van der Waals surface area contributed by atoms with E-state index in [1.165, 1.54) is 12.8 Å². The van der Waals surface area contributed by atoms with Gasteiger partial charge in [-0.2, -0.15) is 0 Å². The minimum absolute atomic E-state index is 0.218. The van der Waals surface area contributed by atoms with Gasteiger partial charge in [-0.05, 0) is 49.4 Å². The maximum atomic E-state index is 12.3. The Morgan fingerprint density at radius 1 is 1.00 bits per heavy atom. The van der Waals surface area contributed by atoms with Crippen LogP contribution in [0.4, 0.5) is 4.79 Å². The minimum Gasteiger partial charge on any atom is -0.497 e. The van der Waals surface area contributed by atoms with Gasteiger partial charge in [0.15, 0.2) is 0 Å². The number of carbonyl (C=O) groups is 1. The fraction of sp³-hybridized carbons (Fsp3) is 0.320. The summed E-state index contributed by atoms with van der Waals surface area (Å²) in [5.41, 5.74) is 1.72. The molecule has 8 nitrogen and oxygen atoms in total. The first kappa shape index (κ1) is 22.4. The highest BCUT2D eigenvalue weighted by atomic mass is 16.5. The van der Waals surface area contributed by atoms with E-state index in [4.69, 9.17) is 14.2 Å². The smallest absolute Gasteiger partial charge is 0.315 e. The Morgan fingerprint density at radius 3 is 2.61 bits per heavy atom. The van der Waals surface area contributed by atoms with Gasteiger partial charge in [0.25, 0.3) is 0 Å². The van der Waals surface area contributed by atoms with Crippen LogP contribution in [0.5, 0.6) is 23.3 Å². The van der Waals surface area contributed by atoms with Gasteiger partial charge in [0.2, 0.25) is 11.8 Å². The van der Waals surface area contributed by atoms with E-state index in [0.29, 0.717) is 36.3 Å². The van der Waals surface area contributed by atoms with Gasteiger partial charge in [-0.3, -0.25) is 0 Å². The molecule has 2 aromatic heterocycles. The normalized spacial score (nSPS) is 13.4. The van der Waals surface area contributed by atoms with E-state index in [1.54, 1.807) is 31.6 Å². The Bertz CT molecular complexity index is 1050. The summed E-state index contributed by atoms with van der Waals surface area (Å²) in [7, 11) is 1.61. The van der Waals surface area contributed by atoms with Crippen LogP contribution in [-0.4, -0.2) is 29.2 Å². The molecule has 172 valence electrons. The second-order valence-corrected chi connectivity index (χ2v) is 7.81. The van der Waals surface area contributed by atoms with Crippen molar-refractivity contribution < 1.29 is 19.0 Å². The predicted molar refractivity (Wildman–Crippen MR) is 124 cm³/mol. The molecule has 1 fully saturated rings. The summed E-state index contributed by atoms with van der Waals surface area (Å²) in [5.74, 6) is 2.41. The van der Waals surface area contributed by atoms with Crippen LogP contribution in [0.1, 0.15) is 36.8 Å². The standard InChI is InChI=1S/C25H28N4O4/c1-31-21-9-4-10-22(14-21)32-23-12-11-18(15-27-23)16-28-25(30)29-17-19-6-5-13-26-24(19)33-20-7-2-3-8-20/h4-6,9-15,20H,2-3,7-8,16-17H2,1H3,(H2,28,29,30). The first-order chi connectivity index (χ1) is 16.2. The van der Waals surface area contributed by atoms with Crippen LogP contribution in [0.3, 0.4) is 0 Å². The third-order valence-electron chi connectivity index (χ3n) is 5.38. The summed E-state index contributed by atoms with van der Waals surface area (Å²) in [5, 5.41) is 5.70. The van der Waals surface area contributed by atoms with Crippen molar-refractivity contribution in [3.8, 4) is 23.3 Å². The zero-order chi connectivity index (χ0) is 22.9. The number of nitrogens with one attached hydrogen (secondary N) is 2. The third-order valence-corrected chi connectivity index (χ3v) is 5.38. The Balaban J connectivity index is 1.24. The van der Waals surface area contributed by atoms with E-state index < -0.39 is 0 Å². The fourth-order valence-electron chi connectivity index (χ4n) is 3.61. The number of amides is 2. The molecule has 2 amide bonds. The third kappa shape index (κ3) is 6.58. The van der Waals surface area contributed by atoms with Crippen molar-refractivity contribution in [2.24, 2.45) is 0 Å². The molecule has 4 rings (SSSR count). The summed E-state index contributed by atoms with van der Waals surface area (Å²) >= 11 is 0. The monoisotopic (exact) mass is 448 g/mol. The van der Waals surface area contributed by atoms with Crippen molar-refractivity contribution in [3.63, 3.8) is 0 Å². The molecule has 0 unspecified atom stereocenters. The fourth-order valence-corrected chi connectivity index (χ4v) is 3.61. The van der Waals surface area contributed by atoms with Gasteiger partial charge in [-0.25, -0.2) is 14.8 Å². The van der Waals surface area contributed by atoms with E-state index in [9.17, 15) is 4.79 Å². The van der Waals surface area contributed by atoms with Gasteiger partial charge >= 0.3 is 6.03 Å². The average Bonchev–Trinajstić information content (AvgIpc) is 3.36. The molecule has 1 aromatic carbocycles. The number of hydrogen-bond acceptors (Lipinski definition) is 6. The number of ether oxygens (including phenoxy) is 3. The van der Waals surface area contributed by atoms with E-state index in [0.717, 1.165) is 24.0 Å². The summed E-state index contributed by atoms with van der Waals surface area (Å²) in [6.07, 6.45) is 8.10. The number of hydrogen-bond donors (Lipinski definition) is 2. The lowest BCUT2D eigenvalue weighted by Gasteiger charge is -2.15. The second kappa shape index (κ2) is 11.2. The van der Waals surface area contributed by atoms with Crippen LogP contribution in [0.15, 0.2) is 60.9 Å². The molecule has 2 heterocycles. The predicted octanol–water partition coefficient (Wildman–Crippen LogP) is 4.60. The zero-order valence-electron chi connectivity index (χ0n) is 18.6. The minimum atomic E-state index is -0.276. The molecule has 1 aliphatic carbocycles. The molecule has 0 atom stereocenters. The largest absolute Gasteiger partial charge is 0.497 e. The summed E-state index contributed by atoms with van der Waals surface area (Å²) in [6.45, 7) is 0.685. The molecule has 2 N–H and O–H groups in total. The van der Waals surface area contributed by atoms with Crippen molar-refractivity contribution in [2.75, 3.05) is 7.11 Å². The topological polar surface area (TPSA) is 94.6 Å². The van der Waals surface area contributed by atoms with Gasteiger partial charge in [0.05, 0.1) is 7.11 Å². The molecule has 0 radical (unpaired) electrons. The van der Waals surface area contributed by atoms with Crippen LogP contribution in [0.2, 0.25) is 0 Å². The number of carbonyl (C=O) groups excluding carboxylic acids is 1. The number of nitrogens with zero attached hydrogens (tertiary/aromatic N) is 2. The molecule has 0 bridgehead atoms. The number of pyridine rings is 2. The number of methoxy groups -OCH3 is 1. The highest BCUT2D eigenvalue weighted by Crippen LogP contribution is 2.25. The van der Waals surface area contributed by atoms with E-state index in [1.807, 2.05) is 36.4 Å². The lowest BCUT2D eigenvalue weighted by Crippen LogP contribution is -2.34. The number of benzene rings is 1. The summed E-state index contributed by atoms with van der Waals surface area (Å²) < 4.78 is 17.0. The highest BCUT2D eigenvalue weighted by Gasteiger charge is 2.18. The van der Waals surface area contributed by atoms with Crippen molar-refractivity contribution in [1.82, 2.24) is 20.6 Å². The van der Waals surface area contributed by atoms with Crippen molar-refractivity contribution >= 4 is 6.03 Å². The maximum Gasteiger partial charge on any atom is 0.315 e. The molecule has 0 spiro atoms. The van der Waals surface area contributed by atoms with Crippen LogP contribution < -0.4 is 24.8 Å². The molecule has 0 aliphatic heterocycles. The molecular formula is C25H28N4O4. The second-order valence-electron chi connectivity index (χ2n) is 7.81. The molecule has 1 aliphatic rings. The van der Waals surface area contributed by atoms with E-state index >= 15 is 0 Å². The van der Waals surface area contributed by atoms with Gasteiger partial charge in [0.1, 0.15) is 17.6 Å². The van der Waals surface area contributed by atoms with Gasteiger partial charge < -0.3 is 24.8 Å². The van der Waals surface area contributed by atoms with E-state index in [2.05, 4.69) is 20.6 Å².